The first kappa shape index (κ1) is 15.6. The molecule has 0 radical (unpaired) electrons. The van der Waals surface area contributed by atoms with Gasteiger partial charge in [-0.2, -0.15) is 0 Å². The molecule has 0 saturated heterocycles. The molecule has 0 fully saturated rings. The maximum absolute atomic E-state index is 13.3. The lowest BCUT2D eigenvalue weighted by Gasteiger charge is -2.07. The average Bonchev–Trinajstić information content (AvgIpc) is 2.45. The van der Waals surface area contributed by atoms with E-state index in [1.807, 2.05) is 0 Å². The number of nitrogens with zero attached hydrogens (tertiary/aromatic N) is 2. The summed E-state index contributed by atoms with van der Waals surface area (Å²) in [6.45, 7) is 1.70. The van der Waals surface area contributed by atoms with Crippen LogP contribution in [0, 0.1) is 11.6 Å². The van der Waals surface area contributed by atoms with Crippen LogP contribution in [0.3, 0.4) is 0 Å². The van der Waals surface area contributed by atoms with Crippen LogP contribution < -0.4 is 11.3 Å². The van der Waals surface area contributed by atoms with Crippen LogP contribution in [-0.2, 0) is 0 Å². The Morgan fingerprint density at radius 2 is 1.91 bits per heavy atom. The van der Waals surface area contributed by atoms with Crippen LogP contribution in [-0.4, -0.2) is 4.98 Å². The van der Waals surface area contributed by atoms with Gasteiger partial charge in [0.05, 0.1) is 27.7 Å². The highest BCUT2D eigenvalue weighted by Gasteiger charge is 2.11. The van der Waals surface area contributed by atoms with E-state index in [4.69, 9.17) is 21.8 Å². The highest BCUT2D eigenvalue weighted by atomic mass is 35.5. The third-order valence-corrected chi connectivity index (χ3v) is 3.42. The fourth-order valence-corrected chi connectivity index (χ4v) is 2.35. The number of aromatic nitrogens is 1. The van der Waals surface area contributed by atoms with Gasteiger partial charge in [-0.25, -0.2) is 18.8 Å². The Kier molecular flexibility index (Phi) is 4.11. The van der Waals surface area contributed by atoms with Crippen molar-refractivity contribution >= 4 is 28.2 Å². The predicted molar refractivity (Wildman–Crippen MR) is 83.2 cm³/mol. The van der Waals surface area contributed by atoms with Crippen LogP contribution >= 0.6 is 11.6 Å². The molecule has 1 aromatic heterocycles. The second-order valence-corrected chi connectivity index (χ2v) is 5.43. The fraction of sp³-hybridized carbons (Fsp3) is 0.125. The van der Waals surface area contributed by atoms with Crippen molar-refractivity contribution in [3.8, 4) is 0 Å². The molecule has 4 nitrogen and oxygen atoms in total. The Hall–Kier alpha value is -2.31. The summed E-state index contributed by atoms with van der Waals surface area (Å²) in [5.41, 5.74) is 6.50. The lowest BCUT2D eigenvalue weighted by atomic mass is 10.2. The highest BCUT2D eigenvalue weighted by molar-refractivity contribution is 6.35. The van der Waals surface area contributed by atoms with Crippen LogP contribution in [0.1, 0.15) is 18.9 Å². The minimum Gasteiger partial charge on any atom is -0.422 e. The van der Waals surface area contributed by atoms with Gasteiger partial charge in [-0.15, -0.1) is 0 Å². The lowest BCUT2D eigenvalue weighted by Crippen LogP contribution is -2.14. The molecule has 0 saturated carbocycles. The summed E-state index contributed by atoms with van der Waals surface area (Å²) >= 11 is 6.18. The zero-order valence-electron chi connectivity index (χ0n) is 12.1. The molecular weight excluding hydrogens is 324 g/mol. The minimum atomic E-state index is -0.736. The molecule has 0 amide bonds. The first-order valence-electron chi connectivity index (χ1n) is 6.80. The number of hydrogen-bond donors (Lipinski definition) is 1. The van der Waals surface area contributed by atoms with Crippen molar-refractivity contribution in [3.63, 3.8) is 0 Å². The van der Waals surface area contributed by atoms with E-state index < -0.39 is 17.7 Å². The van der Waals surface area contributed by atoms with Gasteiger partial charge in [0.15, 0.2) is 0 Å². The molecule has 3 rings (SSSR count). The molecule has 2 aromatic carbocycles. The van der Waals surface area contributed by atoms with Crippen molar-refractivity contribution in [2.75, 3.05) is 0 Å². The zero-order chi connectivity index (χ0) is 16.6. The van der Waals surface area contributed by atoms with E-state index >= 15 is 0 Å². The second-order valence-electron chi connectivity index (χ2n) is 5.02. The third kappa shape index (κ3) is 3.23. The van der Waals surface area contributed by atoms with Gasteiger partial charge in [0.2, 0.25) is 11.4 Å². The monoisotopic (exact) mass is 335 g/mol. The quantitative estimate of drug-likeness (QED) is 0.769. The standard InChI is InChI=1S/C16H12ClF2N3O/c1-8(20)15-22-13-4-2-3-12(17)14(13)16(23-15)21-11-6-9(18)5-10(19)7-11/h2-8H,20H2,1H3. The van der Waals surface area contributed by atoms with Crippen molar-refractivity contribution in [3.05, 3.63) is 64.5 Å². The van der Waals surface area contributed by atoms with E-state index in [0.717, 1.165) is 18.2 Å². The van der Waals surface area contributed by atoms with Gasteiger partial charge in [-0.1, -0.05) is 17.7 Å². The molecule has 1 heterocycles. The van der Waals surface area contributed by atoms with Crippen LogP contribution in [0.4, 0.5) is 14.5 Å². The Morgan fingerprint density at radius 3 is 2.57 bits per heavy atom. The van der Waals surface area contributed by atoms with Crippen LogP contribution in [0.15, 0.2) is 45.8 Å². The van der Waals surface area contributed by atoms with Gasteiger partial charge in [-0.05, 0) is 31.2 Å². The lowest BCUT2D eigenvalue weighted by molar-refractivity contribution is 0.410. The molecule has 0 spiro atoms. The summed E-state index contributed by atoms with van der Waals surface area (Å²) < 4.78 is 32.3. The Bertz CT molecular complexity index is 933. The van der Waals surface area contributed by atoms with Crippen molar-refractivity contribution in [2.24, 2.45) is 10.7 Å². The second kappa shape index (κ2) is 6.06. The van der Waals surface area contributed by atoms with Gasteiger partial charge in [0.25, 0.3) is 0 Å². The maximum Gasteiger partial charge on any atom is 0.232 e. The number of rotatable bonds is 2. The van der Waals surface area contributed by atoms with Gasteiger partial charge in [-0.3, -0.25) is 0 Å². The molecule has 0 aliphatic carbocycles. The third-order valence-electron chi connectivity index (χ3n) is 3.10. The molecule has 23 heavy (non-hydrogen) atoms. The Morgan fingerprint density at radius 1 is 1.22 bits per heavy atom. The molecule has 1 unspecified atom stereocenters. The molecule has 118 valence electrons. The van der Waals surface area contributed by atoms with Crippen molar-refractivity contribution < 1.29 is 13.2 Å². The van der Waals surface area contributed by atoms with E-state index in [2.05, 4.69) is 9.98 Å². The molecule has 0 aliphatic rings. The summed E-state index contributed by atoms with van der Waals surface area (Å²) in [4.78, 5) is 8.46. The van der Waals surface area contributed by atoms with Gasteiger partial charge < -0.3 is 10.2 Å². The summed E-state index contributed by atoms with van der Waals surface area (Å²) in [7, 11) is 0. The molecule has 7 heteroatoms. The van der Waals surface area contributed by atoms with E-state index in [0.29, 0.717) is 15.9 Å². The van der Waals surface area contributed by atoms with Crippen molar-refractivity contribution in [1.29, 1.82) is 0 Å². The first-order valence-corrected chi connectivity index (χ1v) is 7.17. The normalized spacial score (nSPS) is 13.5. The summed E-state index contributed by atoms with van der Waals surface area (Å²) in [6, 6.07) is 7.58. The van der Waals surface area contributed by atoms with Crippen molar-refractivity contribution in [1.82, 2.24) is 4.98 Å². The SMILES string of the molecule is CC(N)c1nc2cccc(Cl)c2c(=Nc2cc(F)cc(F)c2)o1. The fourth-order valence-electron chi connectivity index (χ4n) is 2.10. The molecule has 1 atom stereocenters. The number of benzene rings is 2. The Labute approximate surface area is 135 Å². The number of halogens is 3. The van der Waals surface area contributed by atoms with Crippen LogP contribution in [0.5, 0.6) is 0 Å². The number of fused-ring (bicyclic) bond motifs is 1. The zero-order valence-corrected chi connectivity index (χ0v) is 12.8. The summed E-state index contributed by atoms with van der Waals surface area (Å²) in [5.74, 6) is -1.23. The maximum atomic E-state index is 13.3. The van der Waals surface area contributed by atoms with Gasteiger partial charge in [0.1, 0.15) is 11.6 Å². The van der Waals surface area contributed by atoms with Crippen LogP contribution in [0.2, 0.25) is 5.02 Å². The van der Waals surface area contributed by atoms with E-state index in [-0.39, 0.29) is 17.1 Å². The van der Waals surface area contributed by atoms with Crippen LogP contribution in [0.25, 0.3) is 10.9 Å². The Balaban J connectivity index is 2.36. The molecular formula is C16H12ClF2N3O. The topological polar surface area (TPSA) is 64.4 Å². The molecule has 3 aromatic rings. The van der Waals surface area contributed by atoms with Gasteiger partial charge in [0, 0.05) is 6.07 Å². The van der Waals surface area contributed by atoms with E-state index in [1.165, 1.54) is 0 Å². The first-order chi connectivity index (χ1) is 10.9. The average molecular weight is 336 g/mol. The smallest absolute Gasteiger partial charge is 0.232 e. The van der Waals surface area contributed by atoms with E-state index in [9.17, 15) is 8.78 Å². The predicted octanol–water partition coefficient (Wildman–Crippen LogP) is 4.01. The number of hydrogen-bond acceptors (Lipinski definition) is 4. The molecule has 0 aliphatic heterocycles. The highest BCUT2D eigenvalue weighted by Crippen LogP contribution is 2.22. The largest absolute Gasteiger partial charge is 0.422 e. The summed E-state index contributed by atoms with van der Waals surface area (Å²) in [6.07, 6.45) is 0. The minimum absolute atomic E-state index is 0.0642. The van der Waals surface area contributed by atoms with E-state index in [1.54, 1.807) is 25.1 Å². The molecule has 2 N–H and O–H groups in total. The van der Waals surface area contributed by atoms with Crippen molar-refractivity contribution in [2.45, 2.75) is 13.0 Å². The summed E-state index contributed by atoms with van der Waals surface area (Å²) in [5, 5.41) is 0.814. The number of nitrogens with two attached hydrogens (primary N) is 1. The molecule has 0 bridgehead atoms. The van der Waals surface area contributed by atoms with Gasteiger partial charge >= 0.3 is 0 Å².